The van der Waals surface area contributed by atoms with Crippen molar-refractivity contribution in [1.29, 1.82) is 0 Å². The highest BCUT2D eigenvalue weighted by molar-refractivity contribution is 14.1. The summed E-state index contributed by atoms with van der Waals surface area (Å²) in [5.41, 5.74) is 6.82. The summed E-state index contributed by atoms with van der Waals surface area (Å²) in [7, 11) is 0. The van der Waals surface area contributed by atoms with Gasteiger partial charge >= 0.3 is 0 Å². The number of nitrogens with two attached hydrogens (primary N) is 1. The Bertz CT molecular complexity index is 500. The number of nitrogens with one attached hydrogen (secondary N) is 1. The number of nitrogens with zero attached hydrogens (tertiary/aromatic N) is 1. The zero-order valence-electron chi connectivity index (χ0n) is 12.4. The van der Waals surface area contributed by atoms with E-state index in [1.165, 1.54) is 0 Å². The summed E-state index contributed by atoms with van der Waals surface area (Å²) < 4.78 is 1.12. The van der Waals surface area contributed by atoms with Gasteiger partial charge in [-0.1, -0.05) is 13.0 Å². The molecule has 0 saturated carbocycles. The first-order valence-corrected chi connectivity index (χ1v) is 8.02. The van der Waals surface area contributed by atoms with E-state index in [1.54, 1.807) is 0 Å². The lowest BCUT2D eigenvalue weighted by molar-refractivity contribution is -0.120. The van der Waals surface area contributed by atoms with Crippen molar-refractivity contribution >= 4 is 46.6 Å². The quantitative estimate of drug-likeness (QED) is 0.732. The number of benzene rings is 1. The Morgan fingerprint density at radius 3 is 2.86 bits per heavy atom. The van der Waals surface area contributed by atoms with Gasteiger partial charge in [-0.05, 0) is 72.6 Å². The SMILES string of the molecule is CC(C(=O)Nc1cccc(I)c1)N1CCC(C)(CN)C1.Cl. The number of likely N-dealkylation sites (tertiary alicyclic amines) is 1. The first-order valence-electron chi connectivity index (χ1n) is 6.94. The van der Waals surface area contributed by atoms with E-state index in [2.05, 4.69) is 39.7 Å². The molecule has 0 radical (unpaired) electrons. The molecule has 0 aromatic heterocycles. The normalized spacial score (nSPS) is 23.4. The van der Waals surface area contributed by atoms with Crippen LogP contribution in [0.1, 0.15) is 20.3 Å². The highest BCUT2D eigenvalue weighted by Gasteiger charge is 2.36. The Labute approximate surface area is 146 Å². The molecule has 1 amide bonds. The van der Waals surface area contributed by atoms with Crippen LogP contribution >= 0.6 is 35.0 Å². The van der Waals surface area contributed by atoms with E-state index in [4.69, 9.17) is 5.73 Å². The van der Waals surface area contributed by atoms with Crippen molar-refractivity contribution < 1.29 is 4.79 Å². The lowest BCUT2D eigenvalue weighted by atomic mass is 9.90. The molecule has 21 heavy (non-hydrogen) atoms. The van der Waals surface area contributed by atoms with Crippen molar-refractivity contribution in [1.82, 2.24) is 4.90 Å². The van der Waals surface area contributed by atoms with Crippen LogP contribution in [0.4, 0.5) is 5.69 Å². The van der Waals surface area contributed by atoms with Crippen LogP contribution in [0.15, 0.2) is 24.3 Å². The van der Waals surface area contributed by atoms with Crippen LogP contribution in [0.5, 0.6) is 0 Å². The topological polar surface area (TPSA) is 58.4 Å². The van der Waals surface area contributed by atoms with Gasteiger partial charge in [0.1, 0.15) is 0 Å². The summed E-state index contributed by atoms with van der Waals surface area (Å²) in [6, 6.07) is 7.72. The fourth-order valence-electron chi connectivity index (χ4n) is 2.54. The van der Waals surface area contributed by atoms with E-state index < -0.39 is 0 Å². The molecule has 2 rings (SSSR count). The lowest BCUT2D eigenvalue weighted by Crippen LogP contribution is -2.42. The monoisotopic (exact) mass is 423 g/mol. The van der Waals surface area contributed by atoms with Gasteiger partial charge in [0.25, 0.3) is 0 Å². The highest BCUT2D eigenvalue weighted by atomic mass is 127. The number of amides is 1. The molecule has 1 heterocycles. The molecule has 3 N–H and O–H groups in total. The standard InChI is InChI=1S/C15H22IN3O.ClH/c1-11(19-7-6-15(2,9-17)10-19)14(20)18-13-5-3-4-12(16)8-13;/h3-5,8,11H,6-7,9-10,17H2,1-2H3,(H,18,20);1H. The molecule has 6 heteroatoms. The van der Waals surface area contributed by atoms with Crippen molar-refractivity contribution in [2.75, 3.05) is 25.0 Å². The van der Waals surface area contributed by atoms with Gasteiger partial charge in [0, 0.05) is 15.8 Å². The maximum Gasteiger partial charge on any atom is 0.241 e. The second-order valence-electron chi connectivity index (χ2n) is 5.91. The van der Waals surface area contributed by atoms with Crippen LogP contribution < -0.4 is 11.1 Å². The minimum Gasteiger partial charge on any atom is -0.330 e. The van der Waals surface area contributed by atoms with Crippen LogP contribution in [-0.4, -0.2) is 36.5 Å². The van der Waals surface area contributed by atoms with Gasteiger partial charge in [0.05, 0.1) is 6.04 Å². The van der Waals surface area contributed by atoms with Gasteiger partial charge < -0.3 is 11.1 Å². The van der Waals surface area contributed by atoms with Gasteiger partial charge in [-0.25, -0.2) is 0 Å². The van der Waals surface area contributed by atoms with Crippen molar-refractivity contribution in [3.63, 3.8) is 0 Å². The smallest absolute Gasteiger partial charge is 0.241 e. The van der Waals surface area contributed by atoms with Crippen molar-refractivity contribution in [3.8, 4) is 0 Å². The van der Waals surface area contributed by atoms with Gasteiger partial charge in [0.15, 0.2) is 0 Å². The average molecular weight is 424 g/mol. The fourth-order valence-corrected chi connectivity index (χ4v) is 3.08. The number of rotatable bonds is 4. The Hall–Kier alpha value is -0.370. The molecule has 1 fully saturated rings. The number of hydrogen-bond donors (Lipinski definition) is 2. The average Bonchev–Trinajstić information content (AvgIpc) is 2.81. The maximum absolute atomic E-state index is 12.3. The molecule has 1 saturated heterocycles. The molecule has 0 spiro atoms. The fraction of sp³-hybridized carbons (Fsp3) is 0.533. The Morgan fingerprint density at radius 1 is 1.57 bits per heavy atom. The molecule has 1 aromatic carbocycles. The molecule has 4 nitrogen and oxygen atoms in total. The third kappa shape index (κ3) is 4.81. The van der Waals surface area contributed by atoms with Gasteiger partial charge in [0.2, 0.25) is 5.91 Å². The number of halogens is 2. The van der Waals surface area contributed by atoms with Crippen molar-refractivity contribution in [2.24, 2.45) is 11.1 Å². The minimum atomic E-state index is -0.124. The number of carbonyl (C=O) groups is 1. The number of hydrogen-bond acceptors (Lipinski definition) is 3. The van der Waals surface area contributed by atoms with Crippen LogP contribution in [0.3, 0.4) is 0 Å². The summed E-state index contributed by atoms with van der Waals surface area (Å²) in [5, 5.41) is 2.99. The third-order valence-electron chi connectivity index (χ3n) is 4.10. The van der Waals surface area contributed by atoms with Gasteiger partial charge in [-0.15, -0.1) is 12.4 Å². The highest BCUT2D eigenvalue weighted by Crippen LogP contribution is 2.30. The Balaban J connectivity index is 0.00000220. The molecule has 1 aromatic rings. The van der Waals surface area contributed by atoms with Gasteiger partial charge in [-0.3, -0.25) is 9.69 Å². The zero-order valence-corrected chi connectivity index (χ0v) is 15.4. The maximum atomic E-state index is 12.3. The predicted octanol–water partition coefficient (Wildman–Crippen LogP) is 2.71. The number of anilines is 1. The largest absolute Gasteiger partial charge is 0.330 e. The summed E-state index contributed by atoms with van der Waals surface area (Å²) in [6.07, 6.45) is 1.06. The first-order chi connectivity index (χ1) is 9.43. The van der Waals surface area contributed by atoms with Gasteiger partial charge in [-0.2, -0.15) is 0 Å². The molecule has 2 atom stereocenters. The van der Waals surface area contributed by atoms with Crippen LogP contribution in [0, 0.1) is 8.99 Å². The number of carbonyl (C=O) groups excluding carboxylic acids is 1. The summed E-state index contributed by atoms with van der Waals surface area (Å²) in [6.45, 7) is 6.66. The molecular weight excluding hydrogens is 401 g/mol. The van der Waals surface area contributed by atoms with E-state index in [0.717, 1.165) is 28.8 Å². The third-order valence-corrected chi connectivity index (χ3v) is 4.77. The zero-order chi connectivity index (χ0) is 14.8. The second-order valence-corrected chi connectivity index (χ2v) is 7.16. The van der Waals surface area contributed by atoms with E-state index in [-0.39, 0.29) is 29.8 Å². The second kappa shape index (κ2) is 7.76. The molecule has 1 aliphatic rings. The summed E-state index contributed by atoms with van der Waals surface area (Å²) >= 11 is 2.24. The molecular formula is C15H23ClIN3O. The van der Waals surface area contributed by atoms with E-state index in [1.807, 2.05) is 31.2 Å². The minimum absolute atomic E-state index is 0. The summed E-state index contributed by atoms with van der Waals surface area (Å²) in [5.74, 6) is 0.0493. The molecule has 1 aliphatic heterocycles. The molecule has 118 valence electrons. The van der Waals surface area contributed by atoms with Crippen molar-refractivity contribution in [3.05, 3.63) is 27.8 Å². The van der Waals surface area contributed by atoms with E-state index in [0.29, 0.717) is 6.54 Å². The van der Waals surface area contributed by atoms with Crippen molar-refractivity contribution in [2.45, 2.75) is 26.3 Å². The molecule has 2 unspecified atom stereocenters. The van der Waals surface area contributed by atoms with Crippen LogP contribution in [0.25, 0.3) is 0 Å². The lowest BCUT2D eigenvalue weighted by Gasteiger charge is -2.26. The predicted molar refractivity (Wildman–Crippen MR) is 97.9 cm³/mol. The summed E-state index contributed by atoms with van der Waals surface area (Å²) in [4.78, 5) is 14.5. The van der Waals surface area contributed by atoms with Crippen LogP contribution in [-0.2, 0) is 4.79 Å². The Kier molecular flexibility index (Phi) is 6.90. The molecule has 0 bridgehead atoms. The first kappa shape index (κ1) is 18.7. The van der Waals surface area contributed by atoms with E-state index in [9.17, 15) is 4.79 Å². The molecule has 0 aliphatic carbocycles. The van der Waals surface area contributed by atoms with E-state index >= 15 is 0 Å². The Morgan fingerprint density at radius 2 is 2.29 bits per heavy atom. The van der Waals surface area contributed by atoms with Crippen LogP contribution in [0.2, 0.25) is 0 Å².